The molecule has 1 fully saturated rings. The highest BCUT2D eigenvalue weighted by molar-refractivity contribution is 9.10. The Balaban J connectivity index is 1.96. The molecule has 0 saturated carbocycles. The number of thiophene rings is 1. The van der Waals surface area contributed by atoms with E-state index in [1.807, 2.05) is 11.4 Å². The maximum atomic E-state index is 11.9. The molecule has 0 bridgehead atoms. The van der Waals surface area contributed by atoms with Crippen LogP contribution in [0.1, 0.15) is 23.0 Å². The maximum absolute atomic E-state index is 11.9. The summed E-state index contributed by atoms with van der Waals surface area (Å²) in [6, 6.07) is 2.17. The molecule has 2 rings (SSSR count). The second-order valence-electron chi connectivity index (χ2n) is 4.18. The van der Waals surface area contributed by atoms with Gasteiger partial charge in [0.1, 0.15) is 0 Å². The molecule has 1 amide bonds. The van der Waals surface area contributed by atoms with Crippen LogP contribution in [0.15, 0.2) is 15.9 Å². The first-order valence-corrected chi connectivity index (χ1v) is 7.09. The summed E-state index contributed by atoms with van der Waals surface area (Å²) >= 11 is 4.83. The number of carbonyl (C=O) groups is 1. The molecule has 0 aliphatic carbocycles. The third kappa shape index (κ3) is 2.84. The molecule has 1 aromatic heterocycles. The van der Waals surface area contributed by atoms with Crippen LogP contribution in [-0.2, 0) is 0 Å². The van der Waals surface area contributed by atoms with Gasteiger partial charge < -0.3 is 10.6 Å². The average Bonchev–Trinajstić information content (AvgIpc) is 2.68. The fourth-order valence-electron chi connectivity index (χ4n) is 1.90. The topological polar surface area (TPSA) is 41.1 Å². The number of nitrogens with one attached hydrogen (secondary N) is 2. The van der Waals surface area contributed by atoms with Gasteiger partial charge in [-0.3, -0.25) is 4.79 Å². The van der Waals surface area contributed by atoms with Crippen molar-refractivity contribution in [1.82, 2.24) is 10.6 Å². The van der Waals surface area contributed by atoms with E-state index < -0.39 is 0 Å². The molecule has 0 aromatic carbocycles. The Hall–Kier alpha value is -0.390. The van der Waals surface area contributed by atoms with Crippen molar-refractivity contribution >= 4 is 33.2 Å². The predicted molar refractivity (Wildman–Crippen MR) is 69.9 cm³/mol. The normalized spacial score (nSPS) is 25.4. The van der Waals surface area contributed by atoms with Crippen molar-refractivity contribution in [2.75, 3.05) is 13.1 Å². The first-order chi connectivity index (χ1) is 7.66. The molecule has 16 heavy (non-hydrogen) atoms. The zero-order valence-electron chi connectivity index (χ0n) is 9.13. The van der Waals surface area contributed by atoms with Crippen LogP contribution < -0.4 is 10.6 Å². The fourth-order valence-corrected chi connectivity index (χ4v) is 3.23. The smallest absolute Gasteiger partial charge is 0.261 e. The number of hydrogen-bond acceptors (Lipinski definition) is 3. The minimum Gasteiger partial charge on any atom is -0.348 e. The number of halogens is 1. The minimum atomic E-state index is 0.0504. The number of carbonyl (C=O) groups excluding carboxylic acids is 1. The van der Waals surface area contributed by atoms with Crippen LogP contribution >= 0.6 is 27.3 Å². The number of piperidine rings is 1. The van der Waals surface area contributed by atoms with Gasteiger partial charge in [0.25, 0.3) is 5.91 Å². The third-order valence-electron chi connectivity index (χ3n) is 2.89. The fraction of sp³-hybridized carbons (Fsp3) is 0.545. The Kier molecular flexibility index (Phi) is 4.00. The van der Waals surface area contributed by atoms with Gasteiger partial charge in [-0.2, -0.15) is 0 Å². The van der Waals surface area contributed by atoms with Gasteiger partial charge in [0, 0.05) is 15.9 Å². The maximum Gasteiger partial charge on any atom is 0.261 e. The highest BCUT2D eigenvalue weighted by atomic mass is 79.9. The first-order valence-electron chi connectivity index (χ1n) is 5.42. The van der Waals surface area contributed by atoms with Gasteiger partial charge in [-0.15, -0.1) is 11.3 Å². The summed E-state index contributed by atoms with van der Waals surface area (Å²) in [6.45, 7) is 4.14. The van der Waals surface area contributed by atoms with E-state index in [2.05, 4.69) is 33.5 Å². The Morgan fingerprint density at radius 2 is 2.50 bits per heavy atom. The summed E-state index contributed by atoms with van der Waals surface area (Å²) in [7, 11) is 0. The molecular formula is C11H15BrN2OS. The zero-order valence-corrected chi connectivity index (χ0v) is 11.5. The van der Waals surface area contributed by atoms with Crippen LogP contribution in [0.2, 0.25) is 0 Å². The van der Waals surface area contributed by atoms with Crippen LogP contribution in [0.3, 0.4) is 0 Å². The lowest BCUT2D eigenvalue weighted by Crippen LogP contribution is -2.48. The van der Waals surface area contributed by atoms with Gasteiger partial charge in [-0.05, 0) is 47.4 Å². The Bertz CT molecular complexity index is 380. The third-order valence-corrected chi connectivity index (χ3v) is 4.58. The van der Waals surface area contributed by atoms with E-state index in [4.69, 9.17) is 0 Å². The van der Waals surface area contributed by atoms with Crippen molar-refractivity contribution < 1.29 is 4.79 Å². The molecule has 1 saturated heterocycles. The molecule has 2 unspecified atom stereocenters. The van der Waals surface area contributed by atoms with Crippen molar-refractivity contribution in [3.05, 3.63) is 20.8 Å². The summed E-state index contributed by atoms with van der Waals surface area (Å²) in [5.41, 5.74) is 0. The van der Waals surface area contributed by atoms with Gasteiger partial charge in [-0.1, -0.05) is 6.92 Å². The number of hydrogen-bond donors (Lipinski definition) is 2. The van der Waals surface area contributed by atoms with Crippen molar-refractivity contribution in [2.24, 2.45) is 5.92 Å². The SMILES string of the molecule is CC1CNCCC1NC(=O)c1cc(Br)cs1. The van der Waals surface area contributed by atoms with E-state index in [0.717, 1.165) is 28.9 Å². The summed E-state index contributed by atoms with van der Waals surface area (Å²) in [5.74, 6) is 0.551. The molecular weight excluding hydrogens is 288 g/mol. The quantitative estimate of drug-likeness (QED) is 0.880. The molecule has 2 N–H and O–H groups in total. The molecule has 1 aliphatic heterocycles. The van der Waals surface area contributed by atoms with Gasteiger partial charge in [0.05, 0.1) is 4.88 Å². The minimum absolute atomic E-state index is 0.0504. The number of rotatable bonds is 2. The summed E-state index contributed by atoms with van der Waals surface area (Å²) in [4.78, 5) is 12.7. The van der Waals surface area contributed by atoms with Crippen molar-refractivity contribution in [1.29, 1.82) is 0 Å². The summed E-state index contributed by atoms with van der Waals surface area (Å²) < 4.78 is 0.973. The molecule has 2 heterocycles. The van der Waals surface area contributed by atoms with E-state index in [-0.39, 0.29) is 5.91 Å². The van der Waals surface area contributed by atoms with E-state index in [1.165, 1.54) is 11.3 Å². The Morgan fingerprint density at radius 3 is 3.12 bits per heavy atom. The predicted octanol–water partition coefficient (Wildman–Crippen LogP) is 2.24. The lowest BCUT2D eigenvalue weighted by molar-refractivity contribution is 0.0918. The van der Waals surface area contributed by atoms with Crippen LogP contribution in [0.4, 0.5) is 0 Å². The van der Waals surface area contributed by atoms with Crippen LogP contribution in [0.25, 0.3) is 0 Å². The van der Waals surface area contributed by atoms with Crippen LogP contribution in [-0.4, -0.2) is 25.0 Å². The molecule has 88 valence electrons. The van der Waals surface area contributed by atoms with Gasteiger partial charge in [0.2, 0.25) is 0 Å². The molecule has 1 aliphatic rings. The van der Waals surface area contributed by atoms with Crippen LogP contribution in [0, 0.1) is 5.92 Å². The second kappa shape index (κ2) is 5.29. The second-order valence-corrected chi connectivity index (χ2v) is 6.01. The lowest BCUT2D eigenvalue weighted by atomic mass is 9.95. The molecule has 1 aromatic rings. The van der Waals surface area contributed by atoms with Crippen LogP contribution in [0.5, 0.6) is 0 Å². The van der Waals surface area contributed by atoms with Gasteiger partial charge >= 0.3 is 0 Å². The highest BCUT2D eigenvalue weighted by Gasteiger charge is 2.23. The zero-order chi connectivity index (χ0) is 11.5. The molecule has 0 radical (unpaired) electrons. The van der Waals surface area contributed by atoms with E-state index in [9.17, 15) is 4.79 Å². The average molecular weight is 303 g/mol. The van der Waals surface area contributed by atoms with E-state index in [0.29, 0.717) is 12.0 Å². The monoisotopic (exact) mass is 302 g/mol. The molecule has 3 nitrogen and oxygen atoms in total. The highest BCUT2D eigenvalue weighted by Crippen LogP contribution is 2.20. The van der Waals surface area contributed by atoms with Crippen molar-refractivity contribution in [3.63, 3.8) is 0 Å². The summed E-state index contributed by atoms with van der Waals surface area (Å²) in [5, 5.41) is 8.37. The Labute approximate surface area is 108 Å². The molecule has 0 spiro atoms. The summed E-state index contributed by atoms with van der Waals surface area (Å²) in [6.07, 6.45) is 1.01. The first kappa shape index (κ1) is 12.1. The van der Waals surface area contributed by atoms with E-state index in [1.54, 1.807) is 0 Å². The standard InChI is InChI=1S/C11H15BrN2OS/c1-7-5-13-3-2-9(7)14-11(15)10-4-8(12)6-16-10/h4,6-7,9,13H,2-3,5H2,1H3,(H,14,15). The largest absolute Gasteiger partial charge is 0.348 e. The number of amides is 1. The van der Waals surface area contributed by atoms with Crippen molar-refractivity contribution in [2.45, 2.75) is 19.4 Å². The molecule has 5 heteroatoms. The Morgan fingerprint density at radius 1 is 1.69 bits per heavy atom. The van der Waals surface area contributed by atoms with Gasteiger partial charge in [-0.25, -0.2) is 0 Å². The molecule has 2 atom stereocenters. The lowest BCUT2D eigenvalue weighted by Gasteiger charge is -2.30. The van der Waals surface area contributed by atoms with Gasteiger partial charge in [0.15, 0.2) is 0 Å². The van der Waals surface area contributed by atoms with Crippen molar-refractivity contribution in [3.8, 4) is 0 Å². The van der Waals surface area contributed by atoms with E-state index >= 15 is 0 Å².